The maximum absolute atomic E-state index is 13.1. The third-order valence-electron chi connectivity index (χ3n) is 4.50. The van der Waals surface area contributed by atoms with Crippen LogP contribution in [0.2, 0.25) is 0 Å². The second-order valence-electron chi connectivity index (χ2n) is 6.73. The molecule has 0 fully saturated rings. The second kappa shape index (κ2) is 8.78. The van der Waals surface area contributed by atoms with Crippen molar-refractivity contribution in [1.82, 2.24) is 14.5 Å². The van der Waals surface area contributed by atoms with E-state index in [1.165, 1.54) is 12.1 Å². The fourth-order valence-corrected chi connectivity index (χ4v) is 3.33. The molecule has 1 atom stereocenters. The molecule has 0 amide bonds. The lowest BCUT2D eigenvalue weighted by Gasteiger charge is -2.11. The zero-order valence-corrected chi connectivity index (χ0v) is 17.3. The first-order valence-corrected chi connectivity index (χ1v) is 10.0. The minimum Gasteiger partial charge on any atom is -0.394 e. The Kier molecular flexibility index (Phi) is 5.93. The van der Waals surface area contributed by atoms with Crippen molar-refractivity contribution in [2.45, 2.75) is 12.6 Å². The molecule has 0 radical (unpaired) electrons. The van der Waals surface area contributed by atoms with Crippen molar-refractivity contribution in [3.8, 4) is 0 Å². The second-order valence-corrected chi connectivity index (χ2v) is 7.58. The molecule has 0 saturated heterocycles. The van der Waals surface area contributed by atoms with Crippen LogP contribution in [0.4, 0.5) is 27.5 Å². The molecule has 2 heterocycles. The molecule has 0 saturated carbocycles. The van der Waals surface area contributed by atoms with Crippen molar-refractivity contribution >= 4 is 50.0 Å². The van der Waals surface area contributed by atoms with E-state index in [2.05, 4.69) is 36.5 Å². The van der Waals surface area contributed by atoms with Gasteiger partial charge >= 0.3 is 0 Å². The van der Waals surface area contributed by atoms with Gasteiger partial charge in [0.1, 0.15) is 11.6 Å². The fourth-order valence-electron chi connectivity index (χ4n) is 3.04. The Morgan fingerprint density at radius 2 is 1.83 bits per heavy atom. The summed E-state index contributed by atoms with van der Waals surface area (Å²) in [5, 5.41) is 26.0. The molecule has 4 aromatic rings. The van der Waals surface area contributed by atoms with Crippen molar-refractivity contribution in [2.24, 2.45) is 0 Å². The van der Waals surface area contributed by atoms with E-state index in [1.807, 2.05) is 35.0 Å². The summed E-state index contributed by atoms with van der Waals surface area (Å²) in [7, 11) is 0. The number of rotatable bonds is 7. The normalized spacial score (nSPS) is 12.1. The number of halogens is 2. The Labute approximate surface area is 180 Å². The highest BCUT2D eigenvalue weighted by Gasteiger charge is 2.09. The van der Waals surface area contributed by atoms with Crippen molar-refractivity contribution in [2.75, 3.05) is 17.2 Å². The summed E-state index contributed by atoms with van der Waals surface area (Å²) in [4.78, 5) is 8.77. The minimum atomic E-state index is -0.804. The standard InChI is InChI=1S/C21H19BrFN5O2/c22-18-10-24-21(27-20(18)25-15-3-1-14(23)2-4-15)26-16-5-6-19-13(9-16)7-8-28(19)11-17(30)12-29/h1-10,17,29-30H,11-12H2,(H2,24,25,26,27). The van der Waals surface area contributed by atoms with Crippen LogP contribution in [0.15, 0.2) is 65.4 Å². The molecule has 9 heteroatoms. The Hall–Kier alpha value is -3.01. The number of benzene rings is 2. The van der Waals surface area contributed by atoms with E-state index < -0.39 is 6.10 Å². The summed E-state index contributed by atoms with van der Waals surface area (Å²) in [6.07, 6.45) is 2.70. The molecule has 2 aromatic carbocycles. The van der Waals surface area contributed by atoms with Crippen molar-refractivity contribution in [3.63, 3.8) is 0 Å². The number of aliphatic hydroxyl groups is 2. The van der Waals surface area contributed by atoms with Crippen molar-refractivity contribution in [3.05, 3.63) is 71.2 Å². The van der Waals surface area contributed by atoms with E-state index in [1.54, 1.807) is 18.3 Å². The molecule has 154 valence electrons. The van der Waals surface area contributed by atoms with Crippen LogP contribution in [-0.2, 0) is 6.54 Å². The lowest BCUT2D eigenvalue weighted by molar-refractivity contribution is 0.0822. The lowest BCUT2D eigenvalue weighted by atomic mass is 10.2. The molecule has 0 aliphatic carbocycles. The van der Waals surface area contributed by atoms with Gasteiger partial charge in [-0.3, -0.25) is 0 Å². The maximum Gasteiger partial charge on any atom is 0.229 e. The number of hydrogen-bond donors (Lipinski definition) is 4. The Balaban J connectivity index is 1.53. The smallest absolute Gasteiger partial charge is 0.229 e. The Bertz CT molecular complexity index is 1170. The largest absolute Gasteiger partial charge is 0.394 e. The van der Waals surface area contributed by atoms with E-state index in [0.29, 0.717) is 28.5 Å². The van der Waals surface area contributed by atoms with Crippen LogP contribution in [0.1, 0.15) is 0 Å². The van der Waals surface area contributed by atoms with Crippen LogP contribution in [0.3, 0.4) is 0 Å². The van der Waals surface area contributed by atoms with Crippen LogP contribution in [0, 0.1) is 5.82 Å². The van der Waals surface area contributed by atoms with E-state index in [4.69, 9.17) is 5.11 Å². The van der Waals surface area contributed by atoms with Crippen LogP contribution in [0.5, 0.6) is 0 Å². The number of fused-ring (bicyclic) bond motifs is 1. The van der Waals surface area contributed by atoms with Crippen molar-refractivity contribution < 1.29 is 14.6 Å². The quantitative estimate of drug-likeness (QED) is 0.323. The van der Waals surface area contributed by atoms with Crippen molar-refractivity contribution in [1.29, 1.82) is 0 Å². The van der Waals surface area contributed by atoms with Gasteiger partial charge in [-0.15, -0.1) is 0 Å². The van der Waals surface area contributed by atoms with Crippen LogP contribution < -0.4 is 10.6 Å². The first kappa shape index (κ1) is 20.3. The average molecular weight is 472 g/mol. The molecule has 4 N–H and O–H groups in total. The highest BCUT2D eigenvalue weighted by Crippen LogP contribution is 2.27. The van der Waals surface area contributed by atoms with Gasteiger partial charge in [0.15, 0.2) is 0 Å². The molecule has 1 unspecified atom stereocenters. The molecule has 30 heavy (non-hydrogen) atoms. The van der Waals surface area contributed by atoms with Gasteiger partial charge in [0, 0.05) is 34.7 Å². The third kappa shape index (κ3) is 4.59. The summed E-state index contributed by atoms with van der Waals surface area (Å²) in [5.41, 5.74) is 2.45. The van der Waals surface area contributed by atoms with Crippen LogP contribution >= 0.6 is 15.9 Å². The van der Waals surface area contributed by atoms with Gasteiger partial charge in [0.25, 0.3) is 0 Å². The molecular formula is C21H19BrFN5O2. The third-order valence-corrected chi connectivity index (χ3v) is 5.08. The molecule has 2 aromatic heterocycles. The highest BCUT2D eigenvalue weighted by molar-refractivity contribution is 9.10. The van der Waals surface area contributed by atoms with Crippen LogP contribution in [-0.4, -0.2) is 37.5 Å². The van der Waals surface area contributed by atoms with E-state index in [0.717, 1.165) is 16.6 Å². The molecule has 0 spiro atoms. The molecule has 0 aliphatic heterocycles. The molecule has 0 aliphatic rings. The number of anilines is 4. The highest BCUT2D eigenvalue weighted by atomic mass is 79.9. The number of aromatic nitrogens is 3. The molecule has 4 rings (SSSR count). The van der Waals surface area contributed by atoms with Gasteiger partial charge in [-0.25, -0.2) is 9.37 Å². The number of nitrogens with zero attached hydrogens (tertiary/aromatic N) is 3. The topological polar surface area (TPSA) is 95.2 Å². The molecule has 7 nitrogen and oxygen atoms in total. The summed E-state index contributed by atoms with van der Waals surface area (Å²) < 4.78 is 15.7. The van der Waals surface area contributed by atoms with Crippen LogP contribution in [0.25, 0.3) is 10.9 Å². The predicted octanol–water partition coefficient (Wildman–Crippen LogP) is 4.17. The first-order valence-electron chi connectivity index (χ1n) is 9.22. The van der Waals surface area contributed by atoms with Gasteiger partial charge in [-0.05, 0) is 64.5 Å². The van der Waals surface area contributed by atoms with Gasteiger partial charge in [0.05, 0.1) is 23.7 Å². The van der Waals surface area contributed by atoms with E-state index in [-0.39, 0.29) is 12.4 Å². The zero-order chi connectivity index (χ0) is 21.1. The summed E-state index contributed by atoms with van der Waals surface area (Å²) in [6, 6.07) is 13.7. The zero-order valence-electron chi connectivity index (χ0n) is 15.8. The van der Waals surface area contributed by atoms with E-state index in [9.17, 15) is 9.50 Å². The number of aliphatic hydroxyl groups excluding tert-OH is 2. The first-order chi connectivity index (χ1) is 14.5. The molecule has 0 bridgehead atoms. The number of nitrogens with one attached hydrogen (secondary N) is 2. The summed E-state index contributed by atoms with van der Waals surface area (Å²) >= 11 is 3.42. The van der Waals surface area contributed by atoms with Gasteiger partial charge < -0.3 is 25.4 Å². The predicted molar refractivity (Wildman–Crippen MR) is 118 cm³/mol. The van der Waals surface area contributed by atoms with Gasteiger partial charge in [-0.1, -0.05) is 0 Å². The van der Waals surface area contributed by atoms with Gasteiger partial charge in [0.2, 0.25) is 5.95 Å². The number of hydrogen-bond acceptors (Lipinski definition) is 6. The maximum atomic E-state index is 13.1. The Morgan fingerprint density at radius 1 is 1.07 bits per heavy atom. The summed E-state index contributed by atoms with van der Waals surface area (Å²) in [5.74, 6) is 0.640. The minimum absolute atomic E-state index is 0.283. The van der Waals surface area contributed by atoms with E-state index >= 15 is 0 Å². The summed E-state index contributed by atoms with van der Waals surface area (Å²) in [6.45, 7) is 0.0372. The lowest BCUT2D eigenvalue weighted by Crippen LogP contribution is -2.19. The fraction of sp³-hybridized carbons (Fsp3) is 0.143. The Morgan fingerprint density at radius 3 is 2.60 bits per heavy atom. The SMILES string of the molecule is OCC(O)Cn1ccc2cc(Nc3ncc(Br)c(Nc4ccc(F)cc4)n3)ccc21. The molecular weight excluding hydrogens is 453 g/mol. The monoisotopic (exact) mass is 471 g/mol. The average Bonchev–Trinajstić information content (AvgIpc) is 3.14. The van der Waals surface area contributed by atoms with Gasteiger partial charge in [-0.2, -0.15) is 4.98 Å².